The number of primary amides is 1. The van der Waals surface area contributed by atoms with E-state index < -0.39 is 6.03 Å². The summed E-state index contributed by atoms with van der Waals surface area (Å²) < 4.78 is 0.960. The van der Waals surface area contributed by atoms with Crippen LogP contribution in [0.1, 0.15) is 12.8 Å². The van der Waals surface area contributed by atoms with Gasteiger partial charge in [-0.25, -0.2) is 14.8 Å². The smallest absolute Gasteiger partial charge is 0.333 e. The number of aromatic nitrogens is 1. The number of urea groups is 1. The summed E-state index contributed by atoms with van der Waals surface area (Å²) in [7, 11) is 0. The van der Waals surface area contributed by atoms with Crippen LogP contribution in [0.4, 0.5) is 10.6 Å². The van der Waals surface area contributed by atoms with Gasteiger partial charge in [-0.3, -0.25) is 5.43 Å². The van der Waals surface area contributed by atoms with Gasteiger partial charge < -0.3 is 5.73 Å². The Morgan fingerprint density at radius 1 is 1.67 bits per heavy atom. The standard InChI is InChI=1S/C9H11IN4O/c10-7-2-1-5-12-8(7)13-14(9(11)15)6-3-4-6/h1-2,5-6H,3-4H2,(H2,11,15)(H,12,13). The Morgan fingerprint density at radius 3 is 2.93 bits per heavy atom. The fraction of sp³-hybridized carbons (Fsp3) is 0.333. The number of halogens is 1. The molecule has 1 fully saturated rings. The number of nitrogens with two attached hydrogens (primary N) is 1. The highest BCUT2D eigenvalue weighted by Crippen LogP contribution is 2.27. The summed E-state index contributed by atoms with van der Waals surface area (Å²) in [5.41, 5.74) is 8.22. The molecule has 1 aromatic heterocycles. The Labute approximate surface area is 101 Å². The van der Waals surface area contributed by atoms with Crippen molar-refractivity contribution >= 4 is 34.4 Å². The zero-order valence-corrected chi connectivity index (χ0v) is 10.1. The summed E-state index contributed by atoms with van der Waals surface area (Å²) >= 11 is 2.16. The third-order valence-corrected chi connectivity index (χ3v) is 3.00. The average molecular weight is 318 g/mol. The van der Waals surface area contributed by atoms with E-state index in [9.17, 15) is 4.79 Å². The SMILES string of the molecule is NC(=O)N(Nc1ncccc1I)C1CC1. The second-order valence-electron chi connectivity index (χ2n) is 3.39. The first-order valence-electron chi connectivity index (χ1n) is 4.64. The van der Waals surface area contributed by atoms with Crippen molar-refractivity contribution in [1.82, 2.24) is 9.99 Å². The van der Waals surface area contributed by atoms with Crippen LogP contribution < -0.4 is 11.2 Å². The number of hydrogen-bond donors (Lipinski definition) is 2. The summed E-state index contributed by atoms with van der Waals surface area (Å²) in [6.45, 7) is 0. The monoisotopic (exact) mass is 318 g/mol. The molecule has 1 aliphatic rings. The maximum absolute atomic E-state index is 11.2. The van der Waals surface area contributed by atoms with Crippen LogP contribution in [0.2, 0.25) is 0 Å². The van der Waals surface area contributed by atoms with Gasteiger partial charge in [-0.15, -0.1) is 0 Å². The van der Waals surface area contributed by atoms with Crippen LogP contribution in [0, 0.1) is 3.57 Å². The zero-order chi connectivity index (χ0) is 10.8. The van der Waals surface area contributed by atoms with Gasteiger partial charge in [-0.05, 0) is 47.6 Å². The van der Waals surface area contributed by atoms with E-state index in [-0.39, 0.29) is 6.04 Å². The molecule has 0 aliphatic heterocycles. The van der Waals surface area contributed by atoms with Crippen LogP contribution in [0.3, 0.4) is 0 Å². The maximum atomic E-state index is 11.2. The minimum Gasteiger partial charge on any atom is -0.350 e. The highest BCUT2D eigenvalue weighted by molar-refractivity contribution is 14.1. The molecule has 0 radical (unpaired) electrons. The molecule has 1 aromatic rings. The summed E-state index contributed by atoms with van der Waals surface area (Å²) in [5, 5.41) is 1.45. The Morgan fingerprint density at radius 2 is 2.40 bits per heavy atom. The van der Waals surface area contributed by atoms with Gasteiger partial charge in [0.1, 0.15) is 0 Å². The number of carbonyl (C=O) groups is 1. The Balaban J connectivity index is 2.12. The number of nitrogens with one attached hydrogen (secondary N) is 1. The molecule has 1 aliphatic carbocycles. The summed E-state index contributed by atoms with van der Waals surface area (Å²) in [4.78, 5) is 15.3. The predicted octanol–water partition coefficient (Wildman–Crippen LogP) is 1.56. The molecule has 0 atom stereocenters. The van der Waals surface area contributed by atoms with E-state index in [1.807, 2.05) is 12.1 Å². The number of carbonyl (C=O) groups excluding carboxylic acids is 1. The third-order valence-electron chi connectivity index (χ3n) is 2.13. The van der Waals surface area contributed by atoms with Crippen molar-refractivity contribution in [2.45, 2.75) is 18.9 Å². The van der Waals surface area contributed by atoms with Gasteiger partial charge in [0.2, 0.25) is 0 Å². The first-order valence-corrected chi connectivity index (χ1v) is 5.72. The Kier molecular flexibility index (Phi) is 2.94. The molecule has 1 heterocycles. The van der Waals surface area contributed by atoms with Gasteiger partial charge >= 0.3 is 6.03 Å². The number of hydrazine groups is 1. The Hall–Kier alpha value is -1.05. The van der Waals surface area contributed by atoms with Crippen molar-refractivity contribution in [1.29, 1.82) is 0 Å². The van der Waals surface area contributed by atoms with Crippen LogP contribution in [-0.2, 0) is 0 Å². The average Bonchev–Trinajstić information content (AvgIpc) is 2.99. The van der Waals surface area contributed by atoms with Gasteiger partial charge in [-0.1, -0.05) is 0 Å². The summed E-state index contributed by atoms with van der Waals surface area (Å²) in [5.74, 6) is 0.670. The molecular formula is C9H11IN4O. The van der Waals surface area contributed by atoms with Gasteiger partial charge in [0.25, 0.3) is 0 Å². The number of nitrogens with zero attached hydrogens (tertiary/aromatic N) is 2. The Bertz CT molecular complexity index is 380. The van der Waals surface area contributed by atoms with Gasteiger partial charge in [0.05, 0.1) is 9.61 Å². The normalized spacial score (nSPS) is 14.7. The summed E-state index contributed by atoms with van der Waals surface area (Å²) in [6, 6.07) is 3.53. The molecule has 15 heavy (non-hydrogen) atoms. The number of anilines is 1. The second kappa shape index (κ2) is 4.21. The number of pyridine rings is 1. The zero-order valence-electron chi connectivity index (χ0n) is 7.98. The van der Waals surface area contributed by atoms with E-state index in [2.05, 4.69) is 33.0 Å². The molecule has 2 amide bonds. The largest absolute Gasteiger partial charge is 0.350 e. The van der Waals surface area contributed by atoms with Crippen molar-refractivity contribution in [2.24, 2.45) is 5.73 Å². The molecule has 0 saturated heterocycles. The molecule has 2 rings (SSSR count). The van der Waals surface area contributed by atoms with Crippen LogP contribution in [0.15, 0.2) is 18.3 Å². The van der Waals surface area contributed by atoms with E-state index in [0.717, 1.165) is 16.4 Å². The highest BCUT2D eigenvalue weighted by Gasteiger charge is 2.32. The predicted molar refractivity (Wildman–Crippen MR) is 65.0 cm³/mol. The van der Waals surface area contributed by atoms with Crippen LogP contribution in [0.25, 0.3) is 0 Å². The lowest BCUT2D eigenvalue weighted by Crippen LogP contribution is -2.42. The summed E-state index contributed by atoms with van der Waals surface area (Å²) in [6.07, 6.45) is 3.68. The van der Waals surface area contributed by atoms with Crippen LogP contribution in [0.5, 0.6) is 0 Å². The van der Waals surface area contributed by atoms with E-state index in [4.69, 9.17) is 5.73 Å². The molecule has 80 valence electrons. The lowest BCUT2D eigenvalue weighted by molar-refractivity contribution is 0.215. The van der Waals surface area contributed by atoms with Crippen LogP contribution in [-0.4, -0.2) is 22.1 Å². The molecule has 0 aromatic carbocycles. The topological polar surface area (TPSA) is 71.2 Å². The lowest BCUT2D eigenvalue weighted by Gasteiger charge is -2.21. The third kappa shape index (κ3) is 2.49. The van der Waals surface area contributed by atoms with Crippen molar-refractivity contribution in [2.75, 3.05) is 5.43 Å². The molecule has 0 unspecified atom stereocenters. The molecule has 0 spiro atoms. The van der Waals surface area contributed by atoms with Crippen molar-refractivity contribution in [3.05, 3.63) is 21.9 Å². The molecule has 0 bridgehead atoms. The number of amides is 2. The quantitative estimate of drug-likeness (QED) is 0.656. The fourth-order valence-electron chi connectivity index (χ4n) is 1.24. The number of rotatable bonds is 3. The fourth-order valence-corrected chi connectivity index (χ4v) is 1.71. The van der Waals surface area contributed by atoms with E-state index in [1.165, 1.54) is 5.01 Å². The van der Waals surface area contributed by atoms with E-state index >= 15 is 0 Å². The minimum absolute atomic E-state index is 0.223. The van der Waals surface area contributed by atoms with Crippen LogP contribution >= 0.6 is 22.6 Å². The molecule has 1 saturated carbocycles. The highest BCUT2D eigenvalue weighted by atomic mass is 127. The minimum atomic E-state index is -0.459. The molecule has 6 heteroatoms. The molecular weight excluding hydrogens is 307 g/mol. The van der Waals surface area contributed by atoms with Crippen molar-refractivity contribution < 1.29 is 4.79 Å². The van der Waals surface area contributed by atoms with Gasteiger partial charge in [0.15, 0.2) is 5.82 Å². The van der Waals surface area contributed by atoms with E-state index in [0.29, 0.717) is 5.82 Å². The maximum Gasteiger partial charge on any atom is 0.333 e. The van der Waals surface area contributed by atoms with Gasteiger partial charge in [0, 0.05) is 6.20 Å². The first kappa shape index (κ1) is 10.5. The van der Waals surface area contributed by atoms with Gasteiger partial charge in [-0.2, -0.15) is 0 Å². The lowest BCUT2D eigenvalue weighted by atomic mass is 10.5. The number of hydrogen-bond acceptors (Lipinski definition) is 3. The second-order valence-corrected chi connectivity index (χ2v) is 4.55. The molecule has 5 nitrogen and oxygen atoms in total. The first-order chi connectivity index (χ1) is 7.18. The van der Waals surface area contributed by atoms with Crippen molar-refractivity contribution in [3.8, 4) is 0 Å². The van der Waals surface area contributed by atoms with Crippen molar-refractivity contribution in [3.63, 3.8) is 0 Å². The van der Waals surface area contributed by atoms with E-state index in [1.54, 1.807) is 6.20 Å². The molecule has 3 N–H and O–H groups in total.